The van der Waals surface area contributed by atoms with E-state index in [9.17, 15) is 13.2 Å². The summed E-state index contributed by atoms with van der Waals surface area (Å²) < 4.78 is 38.9. The van der Waals surface area contributed by atoms with Crippen molar-refractivity contribution in [2.75, 3.05) is 0 Å². The predicted octanol–water partition coefficient (Wildman–Crippen LogP) is 4.22. The Balaban J connectivity index is 2.07. The number of benzene rings is 1. The minimum Gasteiger partial charge on any atom is -0.258 e. The minimum absolute atomic E-state index is 0.0287. The van der Waals surface area contributed by atoms with Gasteiger partial charge in [0.15, 0.2) is 11.6 Å². The average Bonchev–Trinajstić information content (AvgIpc) is 3.09. The molecule has 7 heteroatoms. The lowest BCUT2D eigenvalue weighted by molar-refractivity contribution is -0.137. The van der Waals surface area contributed by atoms with Gasteiger partial charge < -0.3 is 0 Å². The Morgan fingerprint density at radius 3 is 2.55 bits per heavy atom. The molecule has 102 valence electrons. The van der Waals surface area contributed by atoms with Gasteiger partial charge in [-0.3, -0.25) is 5.10 Å². The number of nitrogens with zero attached hydrogens (tertiary/aromatic N) is 2. The topological polar surface area (TPSA) is 41.6 Å². The van der Waals surface area contributed by atoms with E-state index in [1.807, 2.05) is 17.5 Å². The van der Waals surface area contributed by atoms with E-state index in [1.54, 1.807) is 0 Å². The number of rotatable bonds is 2. The van der Waals surface area contributed by atoms with E-state index in [4.69, 9.17) is 0 Å². The highest BCUT2D eigenvalue weighted by molar-refractivity contribution is 7.13. The largest absolute Gasteiger partial charge is 0.417 e. The summed E-state index contributed by atoms with van der Waals surface area (Å²) in [5.74, 6) is 0.508. The smallest absolute Gasteiger partial charge is 0.258 e. The van der Waals surface area contributed by atoms with Gasteiger partial charge in [0.05, 0.1) is 10.4 Å². The number of nitrogens with one attached hydrogen (secondary N) is 1. The van der Waals surface area contributed by atoms with Crippen molar-refractivity contribution in [1.82, 2.24) is 15.2 Å². The van der Waals surface area contributed by atoms with Crippen molar-refractivity contribution < 1.29 is 13.2 Å². The minimum atomic E-state index is -4.43. The lowest BCUT2D eigenvalue weighted by atomic mass is 10.1. The Labute approximate surface area is 116 Å². The summed E-state index contributed by atoms with van der Waals surface area (Å²) in [5.41, 5.74) is -0.768. The summed E-state index contributed by atoms with van der Waals surface area (Å²) in [6, 6.07) is 8.93. The van der Waals surface area contributed by atoms with E-state index >= 15 is 0 Å². The predicted molar refractivity (Wildman–Crippen MR) is 70.1 cm³/mol. The van der Waals surface area contributed by atoms with Crippen LogP contribution in [-0.4, -0.2) is 15.2 Å². The zero-order valence-corrected chi connectivity index (χ0v) is 10.8. The summed E-state index contributed by atoms with van der Waals surface area (Å²) in [7, 11) is 0. The first-order valence-corrected chi connectivity index (χ1v) is 6.56. The van der Waals surface area contributed by atoms with Crippen LogP contribution < -0.4 is 0 Å². The molecule has 0 fully saturated rings. The number of H-pyrrole nitrogens is 1. The van der Waals surface area contributed by atoms with Crippen LogP contribution in [0.1, 0.15) is 5.56 Å². The maximum absolute atomic E-state index is 13.0. The molecule has 0 saturated heterocycles. The van der Waals surface area contributed by atoms with Crippen LogP contribution in [0.5, 0.6) is 0 Å². The van der Waals surface area contributed by atoms with Gasteiger partial charge in [-0.15, -0.1) is 11.3 Å². The fraction of sp³-hybridized carbons (Fsp3) is 0.0769. The fourth-order valence-corrected chi connectivity index (χ4v) is 2.49. The first kappa shape index (κ1) is 12.9. The van der Waals surface area contributed by atoms with Crippen LogP contribution in [0.2, 0.25) is 0 Å². The van der Waals surface area contributed by atoms with Gasteiger partial charge in [-0.05, 0) is 17.5 Å². The molecule has 1 N–H and O–H groups in total. The zero-order chi connectivity index (χ0) is 14.2. The molecule has 2 aromatic heterocycles. The fourth-order valence-electron chi connectivity index (χ4n) is 1.83. The first-order valence-electron chi connectivity index (χ1n) is 5.68. The number of thiophene rings is 1. The van der Waals surface area contributed by atoms with Crippen LogP contribution >= 0.6 is 11.3 Å². The van der Waals surface area contributed by atoms with Gasteiger partial charge in [0, 0.05) is 5.56 Å². The van der Waals surface area contributed by atoms with Gasteiger partial charge in [0.1, 0.15) is 0 Å². The normalized spacial score (nSPS) is 11.8. The van der Waals surface area contributed by atoms with Crippen LogP contribution in [0.3, 0.4) is 0 Å². The molecular formula is C13H8F3N3S. The van der Waals surface area contributed by atoms with Crippen molar-refractivity contribution in [1.29, 1.82) is 0 Å². The van der Waals surface area contributed by atoms with E-state index in [1.165, 1.54) is 29.5 Å². The van der Waals surface area contributed by atoms with Crippen molar-refractivity contribution in [2.24, 2.45) is 0 Å². The molecule has 0 spiro atoms. The monoisotopic (exact) mass is 295 g/mol. The average molecular weight is 295 g/mol. The van der Waals surface area contributed by atoms with Gasteiger partial charge in [0.2, 0.25) is 0 Å². The van der Waals surface area contributed by atoms with Gasteiger partial charge in [-0.1, -0.05) is 24.3 Å². The van der Waals surface area contributed by atoms with Gasteiger partial charge >= 0.3 is 6.18 Å². The van der Waals surface area contributed by atoms with Gasteiger partial charge in [-0.2, -0.15) is 18.3 Å². The Morgan fingerprint density at radius 1 is 1.05 bits per heavy atom. The second-order valence-corrected chi connectivity index (χ2v) is 4.98. The van der Waals surface area contributed by atoms with E-state index in [2.05, 4.69) is 15.2 Å². The van der Waals surface area contributed by atoms with Crippen LogP contribution in [0.25, 0.3) is 22.1 Å². The van der Waals surface area contributed by atoms with E-state index in [0.29, 0.717) is 5.82 Å². The summed E-state index contributed by atoms with van der Waals surface area (Å²) in [5, 5.41) is 8.42. The molecule has 3 rings (SSSR count). The molecule has 0 atom stereocenters. The standard InChI is InChI=1S/C13H8F3N3S/c14-13(15,16)9-5-2-1-4-8(9)11-17-12(19-18-11)10-6-3-7-20-10/h1-7H,(H,17,18,19). The van der Waals surface area contributed by atoms with Crippen LogP contribution in [-0.2, 0) is 6.18 Å². The molecule has 1 aromatic carbocycles. The Bertz CT molecular complexity index is 717. The maximum atomic E-state index is 13.0. The van der Waals surface area contributed by atoms with E-state index in [-0.39, 0.29) is 11.4 Å². The van der Waals surface area contributed by atoms with Gasteiger partial charge in [0.25, 0.3) is 0 Å². The number of hydrogen-bond donors (Lipinski definition) is 1. The lowest BCUT2D eigenvalue weighted by Crippen LogP contribution is -2.07. The summed E-state index contributed by atoms with van der Waals surface area (Å²) in [6.07, 6.45) is -4.43. The van der Waals surface area contributed by atoms with Crippen molar-refractivity contribution >= 4 is 11.3 Å². The molecule has 0 aliphatic rings. The highest BCUT2D eigenvalue weighted by Crippen LogP contribution is 2.36. The summed E-state index contributed by atoms with van der Waals surface area (Å²) in [4.78, 5) is 4.97. The molecular weight excluding hydrogens is 287 g/mol. The number of aromatic nitrogens is 3. The maximum Gasteiger partial charge on any atom is 0.417 e. The van der Waals surface area contributed by atoms with Gasteiger partial charge in [-0.25, -0.2) is 4.98 Å². The highest BCUT2D eigenvalue weighted by atomic mass is 32.1. The molecule has 0 aliphatic carbocycles. The molecule has 0 radical (unpaired) electrons. The molecule has 2 heterocycles. The third kappa shape index (κ3) is 2.32. The number of hydrogen-bond acceptors (Lipinski definition) is 3. The molecule has 0 bridgehead atoms. The lowest BCUT2D eigenvalue weighted by Gasteiger charge is -2.09. The zero-order valence-electron chi connectivity index (χ0n) is 9.98. The van der Waals surface area contributed by atoms with Crippen molar-refractivity contribution in [3.63, 3.8) is 0 Å². The van der Waals surface area contributed by atoms with E-state index < -0.39 is 11.7 Å². The Hall–Kier alpha value is -2.15. The summed E-state index contributed by atoms with van der Waals surface area (Å²) >= 11 is 1.44. The summed E-state index contributed by atoms with van der Waals surface area (Å²) in [6.45, 7) is 0. The number of aromatic amines is 1. The van der Waals surface area contributed by atoms with Crippen LogP contribution in [0, 0.1) is 0 Å². The third-order valence-corrected chi connectivity index (χ3v) is 3.59. The molecule has 0 saturated carbocycles. The molecule has 3 aromatic rings. The van der Waals surface area contributed by atoms with Crippen molar-refractivity contribution in [2.45, 2.75) is 6.18 Å². The second kappa shape index (κ2) is 4.75. The Morgan fingerprint density at radius 2 is 1.85 bits per heavy atom. The first-order chi connectivity index (χ1) is 9.55. The quantitative estimate of drug-likeness (QED) is 0.769. The molecule has 3 nitrogen and oxygen atoms in total. The Kier molecular flexibility index (Phi) is 3.06. The molecule has 20 heavy (non-hydrogen) atoms. The second-order valence-electron chi connectivity index (χ2n) is 4.03. The third-order valence-electron chi connectivity index (χ3n) is 2.71. The SMILES string of the molecule is FC(F)(F)c1ccccc1-c1n[nH]c(-c2cccs2)n1. The van der Waals surface area contributed by atoms with Crippen molar-refractivity contribution in [3.8, 4) is 22.1 Å². The molecule has 0 aliphatic heterocycles. The van der Waals surface area contributed by atoms with Crippen LogP contribution in [0.4, 0.5) is 13.2 Å². The number of alkyl halides is 3. The number of halogens is 3. The van der Waals surface area contributed by atoms with E-state index in [0.717, 1.165) is 10.9 Å². The molecule has 0 unspecified atom stereocenters. The van der Waals surface area contributed by atoms with Crippen molar-refractivity contribution in [3.05, 3.63) is 47.3 Å². The molecule has 0 amide bonds. The van der Waals surface area contributed by atoms with Crippen LogP contribution in [0.15, 0.2) is 41.8 Å². The highest BCUT2D eigenvalue weighted by Gasteiger charge is 2.34.